The molecule has 0 radical (unpaired) electrons. The van der Waals surface area contributed by atoms with E-state index in [0.717, 1.165) is 11.1 Å². The van der Waals surface area contributed by atoms with E-state index in [-0.39, 0.29) is 11.3 Å². The van der Waals surface area contributed by atoms with Crippen LogP contribution in [0.25, 0.3) is 5.76 Å². The molecule has 1 heterocycles. The van der Waals surface area contributed by atoms with Gasteiger partial charge < -0.3 is 19.6 Å². The Morgan fingerprint density at radius 1 is 1.18 bits per heavy atom. The molecule has 3 rings (SSSR count). The number of likely N-dealkylation sites (N-methyl/N-ethyl adjacent to an activating group) is 1. The van der Waals surface area contributed by atoms with Crippen LogP contribution in [0.15, 0.2) is 60.7 Å². The van der Waals surface area contributed by atoms with Crippen LogP contribution in [-0.2, 0) is 9.59 Å². The van der Waals surface area contributed by atoms with Crippen molar-refractivity contribution in [2.75, 3.05) is 33.8 Å². The van der Waals surface area contributed by atoms with Gasteiger partial charge in [0.15, 0.2) is 0 Å². The highest BCUT2D eigenvalue weighted by molar-refractivity contribution is 6.46. The van der Waals surface area contributed by atoms with Gasteiger partial charge in [0.05, 0.1) is 11.6 Å². The van der Waals surface area contributed by atoms with Crippen molar-refractivity contribution in [3.05, 3.63) is 82.9 Å². The predicted octanol–water partition coefficient (Wildman–Crippen LogP) is 4.67. The minimum Gasteiger partial charge on any atom is -0.507 e. The number of aliphatic hydroxyl groups excluding tert-OH is 1. The van der Waals surface area contributed by atoms with Crippen molar-refractivity contribution in [2.24, 2.45) is 0 Å². The van der Waals surface area contributed by atoms with E-state index in [0.29, 0.717) is 36.9 Å². The molecule has 1 aliphatic rings. The van der Waals surface area contributed by atoms with Crippen LogP contribution in [0.5, 0.6) is 5.75 Å². The minimum atomic E-state index is -0.668. The number of hydrogen-bond donors (Lipinski definition) is 1. The van der Waals surface area contributed by atoms with Crippen LogP contribution in [0.1, 0.15) is 48.1 Å². The van der Waals surface area contributed by atoms with Crippen molar-refractivity contribution >= 4 is 17.4 Å². The molecule has 1 atom stereocenters. The summed E-state index contributed by atoms with van der Waals surface area (Å²) in [6, 6.07) is 12.5. The lowest BCUT2D eigenvalue weighted by Crippen LogP contribution is -2.35. The molecule has 2 aromatic carbocycles. The molecule has 0 aromatic heterocycles. The minimum absolute atomic E-state index is 0.111. The standard InChI is InChI=1S/C28H34N2O4/c1-7-16-34-23-13-12-22(17-19(23)4)26(31)24-25(21-10-8-20(9-11-21)18(2)3)30(15-14-29(5)6)28(33)27(24)32/h7-13,17-18,25,31H,1,14-16H2,2-6H3. The fourth-order valence-corrected chi connectivity index (χ4v) is 4.09. The van der Waals surface area contributed by atoms with Crippen LogP contribution in [0, 0.1) is 6.92 Å². The van der Waals surface area contributed by atoms with Crippen LogP contribution in [0.3, 0.4) is 0 Å². The summed E-state index contributed by atoms with van der Waals surface area (Å²) in [5.74, 6) is -0.410. The molecule has 6 heteroatoms. The first-order chi connectivity index (χ1) is 16.1. The zero-order valence-electron chi connectivity index (χ0n) is 20.7. The summed E-state index contributed by atoms with van der Waals surface area (Å²) < 4.78 is 5.63. The molecule has 1 unspecified atom stereocenters. The lowest BCUT2D eigenvalue weighted by Gasteiger charge is -2.27. The number of rotatable bonds is 9. The summed E-state index contributed by atoms with van der Waals surface area (Å²) in [7, 11) is 3.84. The fourth-order valence-electron chi connectivity index (χ4n) is 4.09. The smallest absolute Gasteiger partial charge is 0.295 e. The van der Waals surface area contributed by atoms with E-state index in [2.05, 4.69) is 20.4 Å². The Bertz CT molecular complexity index is 1100. The summed E-state index contributed by atoms with van der Waals surface area (Å²) in [5.41, 5.74) is 3.36. The summed E-state index contributed by atoms with van der Waals surface area (Å²) in [4.78, 5) is 29.7. The molecule has 1 amide bonds. The van der Waals surface area contributed by atoms with Crippen molar-refractivity contribution in [1.29, 1.82) is 0 Å². The highest BCUT2D eigenvalue weighted by Gasteiger charge is 2.45. The molecular weight excluding hydrogens is 428 g/mol. The van der Waals surface area contributed by atoms with Gasteiger partial charge in [-0.15, -0.1) is 0 Å². The highest BCUT2D eigenvalue weighted by Crippen LogP contribution is 2.40. The number of carbonyl (C=O) groups excluding carboxylic acids is 2. The van der Waals surface area contributed by atoms with Crippen LogP contribution in [0.4, 0.5) is 0 Å². The van der Waals surface area contributed by atoms with Gasteiger partial charge in [0.25, 0.3) is 11.7 Å². The van der Waals surface area contributed by atoms with Crippen LogP contribution in [0.2, 0.25) is 0 Å². The maximum atomic E-state index is 13.2. The zero-order valence-corrected chi connectivity index (χ0v) is 20.7. The number of aliphatic hydroxyl groups is 1. The number of amides is 1. The maximum Gasteiger partial charge on any atom is 0.295 e. The van der Waals surface area contributed by atoms with Crippen LogP contribution < -0.4 is 4.74 Å². The van der Waals surface area contributed by atoms with E-state index in [1.54, 1.807) is 29.2 Å². The van der Waals surface area contributed by atoms with Gasteiger partial charge in [0, 0.05) is 18.7 Å². The van der Waals surface area contributed by atoms with E-state index in [4.69, 9.17) is 4.74 Å². The maximum absolute atomic E-state index is 13.2. The average molecular weight is 463 g/mol. The Hall–Kier alpha value is -3.38. The lowest BCUT2D eigenvalue weighted by atomic mass is 9.93. The Labute approximate surface area is 202 Å². The molecule has 1 N–H and O–H groups in total. The summed E-state index contributed by atoms with van der Waals surface area (Å²) in [5, 5.41) is 11.3. The Balaban J connectivity index is 2.10. The number of Topliss-reactive ketones (excluding diaryl/α,β-unsaturated/α-hetero) is 1. The summed E-state index contributed by atoms with van der Waals surface area (Å²) in [6.45, 7) is 11.1. The predicted molar refractivity (Wildman–Crippen MR) is 135 cm³/mol. The molecule has 34 heavy (non-hydrogen) atoms. The molecule has 0 spiro atoms. The quantitative estimate of drug-likeness (QED) is 0.254. The molecule has 1 fully saturated rings. The normalized spacial score (nSPS) is 17.6. The Morgan fingerprint density at radius 2 is 1.85 bits per heavy atom. The molecule has 1 aliphatic heterocycles. The largest absolute Gasteiger partial charge is 0.507 e. The zero-order chi connectivity index (χ0) is 25.0. The van der Waals surface area contributed by atoms with Gasteiger partial charge in [-0.25, -0.2) is 0 Å². The fraction of sp³-hybridized carbons (Fsp3) is 0.357. The molecule has 6 nitrogen and oxygen atoms in total. The van der Waals surface area contributed by atoms with Crippen LogP contribution in [-0.4, -0.2) is 60.4 Å². The third-order valence-electron chi connectivity index (χ3n) is 6.05. The molecule has 0 aliphatic carbocycles. The number of likely N-dealkylation sites (tertiary alicyclic amines) is 1. The second-order valence-electron chi connectivity index (χ2n) is 9.20. The van der Waals surface area contributed by atoms with E-state index in [1.807, 2.05) is 50.2 Å². The topological polar surface area (TPSA) is 70.1 Å². The molecule has 0 bridgehead atoms. The van der Waals surface area contributed by atoms with Crippen LogP contribution >= 0.6 is 0 Å². The second-order valence-corrected chi connectivity index (χ2v) is 9.20. The van der Waals surface area contributed by atoms with Crippen molar-refractivity contribution in [3.8, 4) is 5.75 Å². The summed E-state index contributed by atoms with van der Waals surface area (Å²) >= 11 is 0. The average Bonchev–Trinajstić information content (AvgIpc) is 3.06. The van der Waals surface area contributed by atoms with Crippen molar-refractivity contribution in [1.82, 2.24) is 9.80 Å². The van der Waals surface area contributed by atoms with E-state index < -0.39 is 17.7 Å². The molecule has 1 saturated heterocycles. The number of carbonyl (C=O) groups is 2. The number of ether oxygens (including phenoxy) is 1. The highest BCUT2D eigenvalue weighted by atomic mass is 16.5. The van der Waals surface area contributed by atoms with Crippen molar-refractivity contribution in [3.63, 3.8) is 0 Å². The Morgan fingerprint density at radius 3 is 2.41 bits per heavy atom. The van der Waals surface area contributed by atoms with Gasteiger partial charge in [-0.2, -0.15) is 0 Å². The first kappa shape index (κ1) is 25.2. The van der Waals surface area contributed by atoms with Crippen molar-refractivity contribution < 1.29 is 19.4 Å². The monoisotopic (exact) mass is 462 g/mol. The molecule has 2 aromatic rings. The third-order valence-corrected chi connectivity index (χ3v) is 6.05. The van der Waals surface area contributed by atoms with Crippen molar-refractivity contribution in [2.45, 2.75) is 32.7 Å². The number of hydrogen-bond acceptors (Lipinski definition) is 5. The van der Waals surface area contributed by atoms with Gasteiger partial charge in [0.1, 0.15) is 18.1 Å². The van der Waals surface area contributed by atoms with Gasteiger partial charge in [-0.3, -0.25) is 9.59 Å². The molecular formula is C28H34N2O4. The second kappa shape index (κ2) is 10.7. The number of benzene rings is 2. The third kappa shape index (κ3) is 5.23. The summed E-state index contributed by atoms with van der Waals surface area (Å²) in [6.07, 6.45) is 1.66. The number of ketones is 1. The van der Waals surface area contributed by atoms with Gasteiger partial charge in [0.2, 0.25) is 0 Å². The number of nitrogens with zero attached hydrogens (tertiary/aromatic N) is 2. The van der Waals surface area contributed by atoms with E-state index in [1.165, 1.54) is 5.56 Å². The molecule has 180 valence electrons. The van der Waals surface area contributed by atoms with Gasteiger partial charge in [-0.05, 0) is 61.8 Å². The first-order valence-corrected chi connectivity index (χ1v) is 11.5. The van der Waals surface area contributed by atoms with Gasteiger partial charge in [-0.1, -0.05) is 50.8 Å². The number of aryl methyl sites for hydroxylation is 1. The SMILES string of the molecule is C=CCOc1ccc(C(O)=C2C(=O)C(=O)N(CCN(C)C)C2c2ccc(C(C)C)cc2)cc1C. The Kier molecular flexibility index (Phi) is 7.94. The lowest BCUT2D eigenvalue weighted by molar-refractivity contribution is -0.140. The van der Waals surface area contributed by atoms with Gasteiger partial charge >= 0.3 is 0 Å². The van der Waals surface area contributed by atoms with E-state index >= 15 is 0 Å². The first-order valence-electron chi connectivity index (χ1n) is 11.5. The van der Waals surface area contributed by atoms with E-state index in [9.17, 15) is 14.7 Å². The molecule has 0 saturated carbocycles.